The highest BCUT2D eigenvalue weighted by molar-refractivity contribution is 9.08. The van der Waals surface area contributed by atoms with Gasteiger partial charge in [-0.1, -0.05) is 46.3 Å². The van der Waals surface area contributed by atoms with Gasteiger partial charge in [0.05, 0.1) is 5.69 Å². The summed E-state index contributed by atoms with van der Waals surface area (Å²) in [6.45, 7) is 0. The normalized spacial score (nSPS) is 10.7. The molecule has 22 heavy (non-hydrogen) atoms. The Balaban J connectivity index is 2.13. The highest BCUT2D eigenvalue weighted by Crippen LogP contribution is 2.30. The van der Waals surface area contributed by atoms with E-state index in [2.05, 4.69) is 20.9 Å². The fourth-order valence-corrected chi connectivity index (χ4v) is 2.81. The van der Waals surface area contributed by atoms with Crippen molar-refractivity contribution in [2.75, 3.05) is 0 Å². The van der Waals surface area contributed by atoms with Crippen LogP contribution in [0.3, 0.4) is 0 Å². The number of benzene rings is 2. The van der Waals surface area contributed by atoms with Gasteiger partial charge >= 0.3 is 0 Å². The second-order valence-electron chi connectivity index (χ2n) is 4.82. The van der Waals surface area contributed by atoms with Crippen molar-refractivity contribution in [1.29, 1.82) is 0 Å². The molecule has 3 rings (SSSR count). The van der Waals surface area contributed by atoms with Gasteiger partial charge in [0.1, 0.15) is 11.6 Å². The molecule has 0 saturated carbocycles. The predicted molar refractivity (Wildman–Crippen MR) is 87.7 cm³/mol. The average molecular weight is 360 g/mol. The zero-order valence-electron chi connectivity index (χ0n) is 11.6. The lowest BCUT2D eigenvalue weighted by Crippen LogP contribution is -1.95. The summed E-state index contributed by atoms with van der Waals surface area (Å²) < 4.78 is 27.9. The van der Waals surface area contributed by atoms with Crippen molar-refractivity contribution in [1.82, 2.24) is 4.98 Å². The maximum absolute atomic E-state index is 14.0. The highest BCUT2D eigenvalue weighted by atomic mass is 79.9. The monoisotopic (exact) mass is 359 g/mol. The predicted octanol–water partition coefficient (Wildman–Crippen LogP) is 5.59. The number of aromatic nitrogens is 1. The van der Waals surface area contributed by atoms with Crippen molar-refractivity contribution < 1.29 is 8.78 Å². The van der Waals surface area contributed by atoms with Crippen molar-refractivity contribution in [3.63, 3.8) is 0 Å². The molecule has 0 aliphatic heterocycles. The lowest BCUT2D eigenvalue weighted by Gasteiger charge is -2.11. The van der Waals surface area contributed by atoms with Gasteiger partial charge in [-0.2, -0.15) is 0 Å². The van der Waals surface area contributed by atoms with Crippen molar-refractivity contribution in [3.8, 4) is 22.4 Å². The summed E-state index contributed by atoms with van der Waals surface area (Å²) in [6, 6.07) is 14.8. The molecular weight excluding hydrogens is 348 g/mol. The van der Waals surface area contributed by atoms with Crippen LogP contribution in [0.15, 0.2) is 60.8 Å². The van der Waals surface area contributed by atoms with E-state index < -0.39 is 0 Å². The summed E-state index contributed by atoms with van der Waals surface area (Å²) in [6.07, 6.45) is 1.59. The van der Waals surface area contributed by atoms with Gasteiger partial charge in [0, 0.05) is 28.2 Å². The Labute approximate surface area is 135 Å². The molecule has 0 spiro atoms. The van der Waals surface area contributed by atoms with E-state index in [-0.39, 0.29) is 11.6 Å². The molecule has 0 bridgehead atoms. The minimum absolute atomic E-state index is 0.301. The van der Waals surface area contributed by atoms with Gasteiger partial charge in [-0.25, -0.2) is 8.78 Å². The molecule has 0 atom stereocenters. The van der Waals surface area contributed by atoms with Crippen molar-refractivity contribution in [2.45, 2.75) is 5.33 Å². The van der Waals surface area contributed by atoms with Gasteiger partial charge in [-0.3, -0.25) is 4.98 Å². The van der Waals surface area contributed by atoms with Crippen molar-refractivity contribution in [3.05, 3.63) is 78.0 Å². The quantitative estimate of drug-likeness (QED) is 0.555. The summed E-state index contributed by atoms with van der Waals surface area (Å²) in [4.78, 5) is 4.31. The second kappa shape index (κ2) is 6.36. The number of alkyl halides is 1. The lowest BCUT2D eigenvalue weighted by molar-refractivity contribution is 0.630. The highest BCUT2D eigenvalue weighted by Gasteiger charge is 2.13. The molecule has 1 heterocycles. The molecule has 0 N–H and O–H groups in total. The van der Waals surface area contributed by atoms with E-state index in [9.17, 15) is 8.78 Å². The minimum Gasteiger partial charge on any atom is -0.255 e. The SMILES string of the molecule is Fc1ccccc1-c1cc(CBr)c(-c2ccccc2F)cn1. The molecule has 1 nitrogen and oxygen atoms in total. The maximum atomic E-state index is 14.0. The number of rotatable bonds is 3. The van der Waals surface area contributed by atoms with E-state index in [0.29, 0.717) is 27.7 Å². The van der Waals surface area contributed by atoms with Crippen LogP contribution in [0.5, 0.6) is 0 Å². The van der Waals surface area contributed by atoms with Crippen LogP contribution in [-0.2, 0) is 5.33 Å². The first kappa shape index (κ1) is 14.9. The summed E-state index contributed by atoms with van der Waals surface area (Å²) in [5.41, 5.74) is 3.02. The van der Waals surface area contributed by atoms with Crippen LogP contribution in [0.1, 0.15) is 5.56 Å². The fraction of sp³-hybridized carbons (Fsp3) is 0.0556. The number of hydrogen-bond donors (Lipinski definition) is 0. The number of nitrogens with zero attached hydrogens (tertiary/aromatic N) is 1. The smallest absolute Gasteiger partial charge is 0.132 e. The van der Waals surface area contributed by atoms with E-state index in [0.717, 1.165) is 5.56 Å². The van der Waals surface area contributed by atoms with Crippen LogP contribution in [0.2, 0.25) is 0 Å². The zero-order valence-corrected chi connectivity index (χ0v) is 13.1. The van der Waals surface area contributed by atoms with Crippen LogP contribution in [0, 0.1) is 11.6 Å². The molecule has 110 valence electrons. The Morgan fingerprint density at radius 2 is 1.41 bits per heavy atom. The fourth-order valence-electron chi connectivity index (χ4n) is 2.35. The van der Waals surface area contributed by atoms with Crippen molar-refractivity contribution in [2.24, 2.45) is 0 Å². The second-order valence-corrected chi connectivity index (χ2v) is 5.38. The molecule has 1 aromatic heterocycles. The van der Waals surface area contributed by atoms with Crippen LogP contribution >= 0.6 is 15.9 Å². The van der Waals surface area contributed by atoms with Crippen LogP contribution in [-0.4, -0.2) is 4.98 Å². The lowest BCUT2D eigenvalue weighted by atomic mass is 10.00. The van der Waals surface area contributed by atoms with E-state index in [1.54, 1.807) is 48.7 Å². The Bertz CT molecular complexity index is 818. The molecule has 3 aromatic rings. The molecule has 0 radical (unpaired) electrons. The Kier molecular flexibility index (Phi) is 4.29. The molecular formula is C18H12BrF2N. The zero-order chi connectivity index (χ0) is 15.5. The van der Waals surface area contributed by atoms with E-state index in [4.69, 9.17) is 0 Å². The average Bonchev–Trinajstić information content (AvgIpc) is 2.55. The molecule has 2 aromatic carbocycles. The van der Waals surface area contributed by atoms with Crippen molar-refractivity contribution >= 4 is 15.9 Å². The standard InChI is InChI=1S/C18H12BrF2N/c19-10-12-9-18(14-6-2-4-8-17(14)21)22-11-15(12)13-5-1-3-7-16(13)20/h1-9,11H,10H2. The first-order chi connectivity index (χ1) is 10.7. The van der Waals surface area contributed by atoms with Gasteiger partial charge in [0.25, 0.3) is 0 Å². The summed E-state index contributed by atoms with van der Waals surface area (Å²) in [5, 5.41) is 0.528. The topological polar surface area (TPSA) is 12.9 Å². The number of pyridine rings is 1. The third-order valence-electron chi connectivity index (χ3n) is 3.45. The van der Waals surface area contributed by atoms with Gasteiger partial charge in [-0.05, 0) is 29.8 Å². The van der Waals surface area contributed by atoms with E-state index >= 15 is 0 Å². The van der Waals surface area contributed by atoms with E-state index in [1.165, 1.54) is 12.1 Å². The van der Waals surface area contributed by atoms with E-state index in [1.807, 2.05) is 0 Å². The number of hydrogen-bond acceptors (Lipinski definition) is 1. The van der Waals surface area contributed by atoms with Gasteiger partial charge < -0.3 is 0 Å². The van der Waals surface area contributed by atoms with Crippen LogP contribution in [0.25, 0.3) is 22.4 Å². The van der Waals surface area contributed by atoms with Crippen LogP contribution < -0.4 is 0 Å². The first-order valence-corrected chi connectivity index (χ1v) is 7.87. The summed E-state index contributed by atoms with van der Waals surface area (Å²) in [7, 11) is 0. The third-order valence-corrected chi connectivity index (χ3v) is 4.05. The Hall–Kier alpha value is -2.07. The van der Waals surface area contributed by atoms with Gasteiger partial charge in [0.2, 0.25) is 0 Å². The third kappa shape index (κ3) is 2.79. The molecule has 0 fully saturated rings. The maximum Gasteiger partial charge on any atom is 0.132 e. The largest absolute Gasteiger partial charge is 0.255 e. The number of halogens is 3. The summed E-state index contributed by atoms with van der Waals surface area (Å²) in [5.74, 6) is -0.626. The Morgan fingerprint density at radius 1 is 0.818 bits per heavy atom. The van der Waals surface area contributed by atoms with Gasteiger partial charge in [-0.15, -0.1) is 0 Å². The van der Waals surface area contributed by atoms with Gasteiger partial charge in [0.15, 0.2) is 0 Å². The first-order valence-electron chi connectivity index (χ1n) is 6.75. The molecule has 0 unspecified atom stereocenters. The molecule has 0 saturated heterocycles. The molecule has 0 aliphatic rings. The summed E-state index contributed by atoms with van der Waals surface area (Å²) >= 11 is 3.41. The molecule has 0 amide bonds. The molecule has 4 heteroatoms. The molecule has 0 aliphatic carbocycles. The minimum atomic E-state index is -0.325. The Morgan fingerprint density at radius 3 is 2.00 bits per heavy atom. The van der Waals surface area contributed by atoms with Crippen LogP contribution in [0.4, 0.5) is 8.78 Å².